The largest absolute Gasteiger partial charge is 0.379 e. The molecule has 0 unspecified atom stereocenters. The van der Waals surface area contributed by atoms with Gasteiger partial charge in [-0.25, -0.2) is 0 Å². The van der Waals surface area contributed by atoms with E-state index in [4.69, 9.17) is 4.74 Å². The van der Waals surface area contributed by atoms with E-state index in [-0.39, 0.29) is 11.3 Å². The lowest BCUT2D eigenvalue weighted by Crippen LogP contribution is -2.52. The molecule has 0 radical (unpaired) electrons. The van der Waals surface area contributed by atoms with Crippen LogP contribution in [-0.4, -0.2) is 55.2 Å². The minimum atomic E-state index is -0.00666. The van der Waals surface area contributed by atoms with Crippen molar-refractivity contribution in [2.24, 2.45) is 5.41 Å². The lowest BCUT2D eigenvalue weighted by atomic mass is 9.79. The van der Waals surface area contributed by atoms with Crippen LogP contribution in [0.25, 0.3) is 0 Å². The van der Waals surface area contributed by atoms with E-state index >= 15 is 0 Å². The van der Waals surface area contributed by atoms with E-state index in [1.54, 1.807) is 24.5 Å². The summed E-state index contributed by atoms with van der Waals surface area (Å²) in [5, 5.41) is 0. The standard InChI is InChI=1S/C21H25N3O2/c25-20(18-7-10-22-11-8-18)24-12-4-9-21(16-24)15-23(13-14-26-17-21)19-5-2-1-3-6-19/h1-3,5-8,10-11H,4,9,12-17H2/t21-/m1/s1. The Kier molecular flexibility index (Phi) is 4.89. The molecule has 1 atom stereocenters. The van der Waals surface area contributed by atoms with Gasteiger partial charge in [0.1, 0.15) is 0 Å². The highest BCUT2D eigenvalue weighted by Gasteiger charge is 2.40. The van der Waals surface area contributed by atoms with E-state index in [0.717, 1.165) is 52.2 Å². The number of nitrogens with zero attached hydrogens (tertiary/aromatic N) is 3. The summed E-state index contributed by atoms with van der Waals surface area (Å²) >= 11 is 0. The minimum Gasteiger partial charge on any atom is -0.379 e. The first-order valence-corrected chi connectivity index (χ1v) is 9.33. The van der Waals surface area contributed by atoms with E-state index in [1.165, 1.54) is 5.69 Å². The molecule has 2 saturated heterocycles. The summed E-state index contributed by atoms with van der Waals surface area (Å²) in [7, 11) is 0. The lowest BCUT2D eigenvalue weighted by molar-refractivity contribution is 0.0135. The zero-order valence-corrected chi connectivity index (χ0v) is 15.0. The molecular formula is C21H25N3O2. The van der Waals surface area contributed by atoms with Crippen LogP contribution in [0.1, 0.15) is 23.2 Å². The quantitative estimate of drug-likeness (QED) is 0.835. The van der Waals surface area contributed by atoms with Crippen LogP contribution in [0.4, 0.5) is 5.69 Å². The van der Waals surface area contributed by atoms with Crippen molar-refractivity contribution in [1.29, 1.82) is 0 Å². The van der Waals surface area contributed by atoms with Gasteiger partial charge in [-0.15, -0.1) is 0 Å². The van der Waals surface area contributed by atoms with Gasteiger partial charge < -0.3 is 14.5 Å². The van der Waals surface area contributed by atoms with Crippen LogP contribution in [0, 0.1) is 5.41 Å². The number of amides is 1. The van der Waals surface area contributed by atoms with Crippen molar-refractivity contribution in [3.05, 3.63) is 60.4 Å². The molecule has 1 aromatic heterocycles. The third-order valence-corrected chi connectivity index (χ3v) is 5.44. The van der Waals surface area contributed by atoms with Gasteiger partial charge in [-0.05, 0) is 37.1 Å². The third kappa shape index (κ3) is 3.58. The summed E-state index contributed by atoms with van der Waals surface area (Å²) < 4.78 is 5.98. The minimum absolute atomic E-state index is 0.00666. The fourth-order valence-electron chi connectivity index (χ4n) is 4.16. The summed E-state index contributed by atoms with van der Waals surface area (Å²) in [6.45, 7) is 4.83. The van der Waals surface area contributed by atoms with Crippen LogP contribution >= 0.6 is 0 Å². The number of pyridine rings is 1. The SMILES string of the molecule is O=C(c1ccncc1)N1CCC[C@]2(COCCN(c3ccccc3)C2)C1. The molecule has 2 fully saturated rings. The number of piperidine rings is 1. The van der Waals surface area contributed by atoms with Gasteiger partial charge in [0.05, 0.1) is 13.2 Å². The van der Waals surface area contributed by atoms with Crippen LogP contribution < -0.4 is 4.90 Å². The van der Waals surface area contributed by atoms with Crippen molar-refractivity contribution in [1.82, 2.24) is 9.88 Å². The molecule has 2 aromatic rings. The summed E-state index contributed by atoms with van der Waals surface area (Å²) in [5.74, 6) is 0.0991. The molecule has 136 valence electrons. The normalized spacial score (nSPS) is 23.7. The van der Waals surface area contributed by atoms with Crippen LogP contribution in [0.2, 0.25) is 0 Å². The van der Waals surface area contributed by atoms with Crippen molar-refractivity contribution < 1.29 is 9.53 Å². The lowest BCUT2D eigenvalue weighted by Gasteiger charge is -2.44. The number of rotatable bonds is 2. The monoisotopic (exact) mass is 351 g/mol. The molecular weight excluding hydrogens is 326 g/mol. The highest BCUT2D eigenvalue weighted by atomic mass is 16.5. The Labute approximate surface area is 154 Å². The van der Waals surface area contributed by atoms with Gasteiger partial charge in [0.15, 0.2) is 0 Å². The van der Waals surface area contributed by atoms with Crippen molar-refractivity contribution >= 4 is 11.6 Å². The van der Waals surface area contributed by atoms with Gasteiger partial charge in [-0.1, -0.05) is 18.2 Å². The second kappa shape index (κ2) is 7.46. The number of ether oxygens (including phenoxy) is 1. The highest BCUT2D eigenvalue weighted by molar-refractivity contribution is 5.94. The molecule has 0 aliphatic carbocycles. The molecule has 26 heavy (non-hydrogen) atoms. The van der Waals surface area contributed by atoms with Crippen molar-refractivity contribution in [2.45, 2.75) is 12.8 Å². The van der Waals surface area contributed by atoms with Crippen LogP contribution in [0.3, 0.4) is 0 Å². The van der Waals surface area contributed by atoms with E-state index in [9.17, 15) is 4.79 Å². The van der Waals surface area contributed by atoms with Gasteiger partial charge in [0.25, 0.3) is 5.91 Å². The molecule has 3 heterocycles. The maximum absolute atomic E-state index is 12.9. The first-order chi connectivity index (χ1) is 12.8. The van der Waals surface area contributed by atoms with Crippen LogP contribution in [-0.2, 0) is 4.74 Å². The van der Waals surface area contributed by atoms with E-state index in [1.807, 2.05) is 11.0 Å². The number of anilines is 1. The van der Waals surface area contributed by atoms with Crippen LogP contribution in [0.15, 0.2) is 54.9 Å². The molecule has 5 heteroatoms. The average molecular weight is 351 g/mol. The number of benzene rings is 1. The van der Waals surface area contributed by atoms with E-state index in [2.05, 4.69) is 34.1 Å². The molecule has 4 rings (SSSR count). The predicted octanol–water partition coefficient (Wildman–Crippen LogP) is 2.84. The maximum Gasteiger partial charge on any atom is 0.253 e. The first-order valence-electron chi connectivity index (χ1n) is 9.33. The fourth-order valence-corrected chi connectivity index (χ4v) is 4.16. The third-order valence-electron chi connectivity index (χ3n) is 5.44. The smallest absolute Gasteiger partial charge is 0.253 e. The first kappa shape index (κ1) is 17.0. The maximum atomic E-state index is 12.9. The second-order valence-corrected chi connectivity index (χ2v) is 7.38. The Hall–Kier alpha value is -2.40. The number of carbonyl (C=O) groups is 1. The van der Waals surface area contributed by atoms with Crippen molar-refractivity contribution in [2.75, 3.05) is 44.3 Å². The van der Waals surface area contributed by atoms with Crippen molar-refractivity contribution in [3.63, 3.8) is 0 Å². The highest BCUT2D eigenvalue weighted by Crippen LogP contribution is 2.35. The zero-order chi connectivity index (χ0) is 17.8. The average Bonchev–Trinajstić information content (AvgIpc) is 2.91. The summed E-state index contributed by atoms with van der Waals surface area (Å²) in [4.78, 5) is 21.3. The number of aromatic nitrogens is 1. The molecule has 0 bridgehead atoms. The molecule has 2 aliphatic heterocycles. The summed E-state index contributed by atoms with van der Waals surface area (Å²) in [5.41, 5.74) is 1.94. The van der Waals surface area contributed by atoms with Crippen LogP contribution in [0.5, 0.6) is 0 Å². The molecule has 5 nitrogen and oxygen atoms in total. The van der Waals surface area contributed by atoms with Gasteiger partial charge in [0.2, 0.25) is 0 Å². The van der Waals surface area contributed by atoms with E-state index < -0.39 is 0 Å². The van der Waals surface area contributed by atoms with Gasteiger partial charge >= 0.3 is 0 Å². The molecule has 0 saturated carbocycles. The Bertz CT molecular complexity index is 737. The van der Waals surface area contributed by atoms with Gasteiger partial charge in [-0.3, -0.25) is 9.78 Å². The molecule has 1 spiro atoms. The topological polar surface area (TPSA) is 45.7 Å². The summed E-state index contributed by atoms with van der Waals surface area (Å²) in [6, 6.07) is 14.1. The van der Waals surface area contributed by atoms with Gasteiger partial charge in [-0.2, -0.15) is 0 Å². The number of likely N-dealkylation sites (tertiary alicyclic amines) is 1. The molecule has 1 amide bonds. The molecule has 0 N–H and O–H groups in total. The predicted molar refractivity (Wildman–Crippen MR) is 101 cm³/mol. The number of hydrogen-bond acceptors (Lipinski definition) is 4. The Morgan fingerprint density at radius 2 is 1.85 bits per heavy atom. The zero-order valence-electron chi connectivity index (χ0n) is 15.0. The Morgan fingerprint density at radius 3 is 2.65 bits per heavy atom. The number of carbonyl (C=O) groups excluding carboxylic acids is 1. The second-order valence-electron chi connectivity index (χ2n) is 7.38. The van der Waals surface area contributed by atoms with Crippen molar-refractivity contribution in [3.8, 4) is 0 Å². The molecule has 2 aliphatic rings. The number of para-hydroxylation sites is 1. The van der Waals surface area contributed by atoms with E-state index in [0.29, 0.717) is 5.56 Å². The number of hydrogen-bond donors (Lipinski definition) is 0. The summed E-state index contributed by atoms with van der Waals surface area (Å²) in [6.07, 6.45) is 5.47. The Morgan fingerprint density at radius 1 is 1.04 bits per heavy atom. The molecule has 1 aromatic carbocycles. The Balaban J connectivity index is 1.53. The fraction of sp³-hybridized carbons (Fsp3) is 0.429. The van der Waals surface area contributed by atoms with Gasteiger partial charge in [0, 0.05) is 55.2 Å².